The molecular formula is C15H23NO4S. The third-order valence-electron chi connectivity index (χ3n) is 3.25. The summed E-state index contributed by atoms with van der Waals surface area (Å²) >= 11 is 0. The van der Waals surface area contributed by atoms with Gasteiger partial charge in [-0.3, -0.25) is 4.79 Å². The molecule has 1 rings (SSSR count). The fourth-order valence-electron chi connectivity index (χ4n) is 2.18. The van der Waals surface area contributed by atoms with Crippen molar-refractivity contribution < 1.29 is 18.3 Å². The van der Waals surface area contributed by atoms with Crippen molar-refractivity contribution in [1.29, 1.82) is 0 Å². The van der Waals surface area contributed by atoms with Gasteiger partial charge in [-0.25, -0.2) is 13.1 Å². The molecule has 0 aliphatic carbocycles. The molecule has 1 aromatic carbocycles. The zero-order chi connectivity index (χ0) is 15.9. The van der Waals surface area contributed by atoms with Gasteiger partial charge >= 0.3 is 5.97 Å². The molecule has 0 aliphatic rings. The number of benzene rings is 1. The van der Waals surface area contributed by atoms with E-state index < -0.39 is 16.0 Å². The number of carbonyl (C=O) groups is 1. The lowest BCUT2D eigenvalue weighted by Crippen LogP contribution is -2.35. The Labute approximate surface area is 126 Å². The molecule has 118 valence electrons. The minimum atomic E-state index is -3.38. The molecule has 0 bridgehead atoms. The molecular weight excluding hydrogens is 290 g/mol. The fraction of sp³-hybridized carbons (Fsp3) is 0.533. The van der Waals surface area contributed by atoms with Gasteiger partial charge in [-0.1, -0.05) is 37.3 Å². The van der Waals surface area contributed by atoms with Crippen LogP contribution >= 0.6 is 0 Å². The first-order chi connectivity index (χ1) is 9.80. The number of hydrogen-bond donors (Lipinski definition) is 2. The van der Waals surface area contributed by atoms with Crippen LogP contribution in [0.3, 0.4) is 0 Å². The maximum atomic E-state index is 12.1. The van der Waals surface area contributed by atoms with Crippen molar-refractivity contribution in [3.8, 4) is 0 Å². The molecule has 0 saturated heterocycles. The van der Waals surface area contributed by atoms with Gasteiger partial charge < -0.3 is 5.11 Å². The zero-order valence-electron chi connectivity index (χ0n) is 12.5. The summed E-state index contributed by atoms with van der Waals surface area (Å²) < 4.78 is 26.8. The molecule has 21 heavy (non-hydrogen) atoms. The lowest BCUT2D eigenvalue weighted by Gasteiger charge is -2.17. The normalized spacial score (nSPS) is 14.6. The smallest absolute Gasteiger partial charge is 0.303 e. The van der Waals surface area contributed by atoms with E-state index in [1.165, 1.54) is 0 Å². The second kappa shape index (κ2) is 8.14. The van der Waals surface area contributed by atoms with Crippen molar-refractivity contribution in [2.24, 2.45) is 0 Å². The third kappa shape index (κ3) is 7.24. The fourth-order valence-corrected chi connectivity index (χ4v) is 3.86. The Kier molecular flexibility index (Phi) is 6.84. The van der Waals surface area contributed by atoms with Crippen LogP contribution in [-0.2, 0) is 14.8 Å². The standard InChI is InChI=1S/C15H23NO4S/c1-12(14-8-4-3-5-9-14)11-21(19,20)16-13(2)7-6-10-15(17)18/h3-5,8-9,12-13,16H,6-7,10-11H2,1-2H3,(H,17,18). The first-order valence-electron chi connectivity index (χ1n) is 7.07. The van der Waals surface area contributed by atoms with Crippen LogP contribution in [-0.4, -0.2) is 31.3 Å². The number of carboxylic acids is 1. The Bertz CT molecular complexity index is 542. The first-order valence-corrected chi connectivity index (χ1v) is 8.72. The zero-order valence-corrected chi connectivity index (χ0v) is 13.3. The van der Waals surface area contributed by atoms with Crippen molar-refractivity contribution in [3.63, 3.8) is 0 Å². The van der Waals surface area contributed by atoms with Crippen LogP contribution in [0.2, 0.25) is 0 Å². The molecule has 1 aromatic rings. The van der Waals surface area contributed by atoms with E-state index in [1.54, 1.807) is 6.92 Å². The Morgan fingerprint density at radius 1 is 1.24 bits per heavy atom. The van der Waals surface area contributed by atoms with Crippen LogP contribution < -0.4 is 4.72 Å². The molecule has 0 aliphatic heterocycles. The van der Waals surface area contributed by atoms with E-state index in [-0.39, 0.29) is 24.1 Å². The first kappa shape index (κ1) is 17.7. The monoisotopic (exact) mass is 313 g/mol. The van der Waals surface area contributed by atoms with Gasteiger partial charge in [0, 0.05) is 12.5 Å². The topological polar surface area (TPSA) is 83.5 Å². The molecule has 0 aromatic heterocycles. The van der Waals surface area contributed by atoms with E-state index in [0.29, 0.717) is 12.8 Å². The van der Waals surface area contributed by atoms with E-state index in [0.717, 1.165) is 5.56 Å². The van der Waals surface area contributed by atoms with Crippen LogP contribution in [0, 0.1) is 0 Å². The Balaban J connectivity index is 2.48. The van der Waals surface area contributed by atoms with Crippen LogP contribution in [0.1, 0.15) is 44.6 Å². The van der Waals surface area contributed by atoms with Gasteiger partial charge in [-0.2, -0.15) is 0 Å². The van der Waals surface area contributed by atoms with E-state index in [4.69, 9.17) is 5.11 Å². The predicted molar refractivity (Wildman–Crippen MR) is 82.7 cm³/mol. The number of hydrogen-bond acceptors (Lipinski definition) is 3. The second-order valence-electron chi connectivity index (χ2n) is 5.40. The summed E-state index contributed by atoms with van der Waals surface area (Å²) in [5.74, 6) is -0.919. The van der Waals surface area contributed by atoms with Crippen LogP contribution in [0.5, 0.6) is 0 Å². The highest BCUT2D eigenvalue weighted by Crippen LogP contribution is 2.16. The molecule has 2 atom stereocenters. The van der Waals surface area contributed by atoms with Gasteiger partial charge in [-0.05, 0) is 31.2 Å². The Morgan fingerprint density at radius 2 is 1.86 bits per heavy atom. The Morgan fingerprint density at radius 3 is 2.43 bits per heavy atom. The van der Waals surface area contributed by atoms with Crippen LogP contribution in [0.25, 0.3) is 0 Å². The van der Waals surface area contributed by atoms with E-state index in [9.17, 15) is 13.2 Å². The third-order valence-corrected chi connectivity index (χ3v) is 4.95. The van der Waals surface area contributed by atoms with Gasteiger partial charge in [0.15, 0.2) is 0 Å². The highest BCUT2D eigenvalue weighted by atomic mass is 32.2. The lowest BCUT2D eigenvalue weighted by atomic mass is 10.0. The van der Waals surface area contributed by atoms with Gasteiger partial charge in [0.1, 0.15) is 0 Å². The summed E-state index contributed by atoms with van der Waals surface area (Å²) in [6.45, 7) is 3.64. The summed E-state index contributed by atoms with van der Waals surface area (Å²) in [7, 11) is -3.38. The highest BCUT2D eigenvalue weighted by Gasteiger charge is 2.19. The van der Waals surface area contributed by atoms with E-state index in [1.807, 2.05) is 37.3 Å². The van der Waals surface area contributed by atoms with Gasteiger partial charge in [-0.15, -0.1) is 0 Å². The molecule has 0 fully saturated rings. The second-order valence-corrected chi connectivity index (χ2v) is 7.20. The maximum Gasteiger partial charge on any atom is 0.303 e. The summed E-state index contributed by atoms with van der Waals surface area (Å²) in [5, 5.41) is 8.57. The number of nitrogens with one attached hydrogen (secondary N) is 1. The minimum Gasteiger partial charge on any atom is -0.481 e. The molecule has 6 heteroatoms. The lowest BCUT2D eigenvalue weighted by molar-refractivity contribution is -0.137. The molecule has 0 heterocycles. The van der Waals surface area contributed by atoms with Crippen molar-refractivity contribution in [1.82, 2.24) is 4.72 Å². The molecule has 2 N–H and O–H groups in total. The predicted octanol–water partition coefficient (Wildman–Crippen LogP) is 2.35. The summed E-state index contributed by atoms with van der Waals surface area (Å²) in [6, 6.07) is 9.25. The van der Waals surface area contributed by atoms with Crippen molar-refractivity contribution in [2.45, 2.75) is 45.1 Å². The molecule has 0 amide bonds. The number of carboxylic acid groups (broad SMARTS) is 1. The maximum absolute atomic E-state index is 12.1. The molecule has 2 unspecified atom stereocenters. The average molecular weight is 313 g/mol. The molecule has 5 nitrogen and oxygen atoms in total. The highest BCUT2D eigenvalue weighted by molar-refractivity contribution is 7.89. The average Bonchev–Trinajstić information content (AvgIpc) is 2.38. The van der Waals surface area contributed by atoms with Gasteiger partial charge in [0.2, 0.25) is 10.0 Å². The summed E-state index contributed by atoms with van der Waals surface area (Å²) in [5.41, 5.74) is 0.987. The van der Waals surface area contributed by atoms with Gasteiger partial charge in [0.05, 0.1) is 5.75 Å². The van der Waals surface area contributed by atoms with Crippen molar-refractivity contribution in [2.75, 3.05) is 5.75 Å². The van der Waals surface area contributed by atoms with Crippen LogP contribution in [0.15, 0.2) is 30.3 Å². The molecule has 0 radical (unpaired) electrons. The van der Waals surface area contributed by atoms with E-state index >= 15 is 0 Å². The largest absolute Gasteiger partial charge is 0.481 e. The summed E-state index contributed by atoms with van der Waals surface area (Å²) in [4.78, 5) is 10.4. The van der Waals surface area contributed by atoms with Crippen molar-refractivity contribution >= 4 is 16.0 Å². The number of aliphatic carboxylic acids is 1. The van der Waals surface area contributed by atoms with Gasteiger partial charge in [0.25, 0.3) is 0 Å². The van der Waals surface area contributed by atoms with E-state index in [2.05, 4.69) is 4.72 Å². The molecule has 0 spiro atoms. The number of rotatable bonds is 9. The summed E-state index contributed by atoms with van der Waals surface area (Å²) in [6.07, 6.45) is 1.05. The van der Waals surface area contributed by atoms with Crippen LogP contribution in [0.4, 0.5) is 0 Å². The SMILES string of the molecule is CC(CCCC(=O)O)NS(=O)(=O)CC(C)c1ccccc1. The number of sulfonamides is 1. The minimum absolute atomic E-state index is 0.0281. The Hall–Kier alpha value is -1.40. The van der Waals surface area contributed by atoms with Crippen molar-refractivity contribution in [3.05, 3.63) is 35.9 Å². The molecule has 0 saturated carbocycles. The quantitative estimate of drug-likeness (QED) is 0.733.